The molecule has 2 atom stereocenters. The van der Waals surface area contributed by atoms with Crippen LogP contribution in [0.4, 0.5) is 0 Å². The number of benzene rings is 1. The van der Waals surface area contributed by atoms with E-state index in [1.165, 1.54) is 11.1 Å². The zero-order valence-corrected chi connectivity index (χ0v) is 10.1. The van der Waals surface area contributed by atoms with Gasteiger partial charge in [-0.05, 0) is 44.3 Å². The van der Waals surface area contributed by atoms with Gasteiger partial charge in [0.25, 0.3) is 0 Å². The molecule has 1 saturated heterocycles. The van der Waals surface area contributed by atoms with E-state index in [9.17, 15) is 9.90 Å². The van der Waals surface area contributed by atoms with Gasteiger partial charge in [-0.25, -0.2) is 0 Å². The van der Waals surface area contributed by atoms with Crippen LogP contribution >= 0.6 is 0 Å². The summed E-state index contributed by atoms with van der Waals surface area (Å²) >= 11 is 0. The summed E-state index contributed by atoms with van der Waals surface area (Å²) in [7, 11) is 0. The van der Waals surface area contributed by atoms with Crippen molar-refractivity contribution in [3.05, 3.63) is 35.4 Å². The Kier molecular flexibility index (Phi) is 3.79. The number of carboxylic acids is 1. The Morgan fingerprint density at radius 1 is 1.41 bits per heavy atom. The molecule has 1 aromatic carbocycles. The first-order chi connectivity index (χ1) is 8.16. The first-order valence-electron chi connectivity index (χ1n) is 6.16. The summed E-state index contributed by atoms with van der Waals surface area (Å²) in [5, 5.41) is 12.5. The second-order valence-corrected chi connectivity index (χ2v) is 4.89. The molecule has 0 saturated carbocycles. The number of carboxylic acid groups (broad SMARTS) is 1. The SMILES string of the molecule is Cc1ccc(CC2CNCCC2C(=O)O)cc1. The predicted molar refractivity (Wildman–Crippen MR) is 67.0 cm³/mol. The van der Waals surface area contributed by atoms with Crippen molar-refractivity contribution in [1.29, 1.82) is 0 Å². The summed E-state index contributed by atoms with van der Waals surface area (Å²) in [6, 6.07) is 8.37. The maximum Gasteiger partial charge on any atom is 0.306 e. The summed E-state index contributed by atoms with van der Waals surface area (Å²) in [4.78, 5) is 11.2. The van der Waals surface area contributed by atoms with Gasteiger partial charge in [-0.1, -0.05) is 29.8 Å². The van der Waals surface area contributed by atoms with Gasteiger partial charge < -0.3 is 10.4 Å². The Bertz CT molecular complexity index is 386. The Hall–Kier alpha value is -1.35. The van der Waals surface area contributed by atoms with Gasteiger partial charge in [0.15, 0.2) is 0 Å². The molecule has 2 rings (SSSR count). The summed E-state index contributed by atoms with van der Waals surface area (Å²) in [6.45, 7) is 3.69. The number of hydrogen-bond acceptors (Lipinski definition) is 2. The molecule has 1 aromatic rings. The Labute approximate surface area is 102 Å². The smallest absolute Gasteiger partial charge is 0.306 e. The Morgan fingerprint density at radius 3 is 2.76 bits per heavy atom. The second-order valence-electron chi connectivity index (χ2n) is 4.89. The van der Waals surface area contributed by atoms with Gasteiger partial charge >= 0.3 is 5.97 Å². The van der Waals surface area contributed by atoms with Crippen LogP contribution in [-0.2, 0) is 11.2 Å². The third-order valence-corrected chi connectivity index (χ3v) is 3.54. The molecule has 17 heavy (non-hydrogen) atoms. The lowest BCUT2D eigenvalue weighted by Gasteiger charge is -2.29. The van der Waals surface area contributed by atoms with Gasteiger partial charge in [-0.15, -0.1) is 0 Å². The maximum absolute atomic E-state index is 11.2. The van der Waals surface area contributed by atoms with Crippen LogP contribution in [0.1, 0.15) is 17.5 Å². The quantitative estimate of drug-likeness (QED) is 0.837. The molecule has 1 fully saturated rings. The van der Waals surface area contributed by atoms with Gasteiger partial charge in [-0.2, -0.15) is 0 Å². The number of carbonyl (C=O) groups is 1. The molecule has 1 heterocycles. The summed E-state index contributed by atoms with van der Waals surface area (Å²) in [5.41, 5.74) is 2.47. The average Bonchev–Trinajstić information content (AvgIpc) is 2.32. The predicted octanol–water partition coefficient (Wildman–Crippen LogP) is 1.85. The fraction of sp³-hybridized carbons (Fsp3) is 0.500. The molecular weight excluding hydrogens is 214 g/mol. The molecule has 3 heteroatoms. The average molecular weight is 233 g/mol. The zero-order chi connectivity index (χ0) is 12.3. The minimum Gasteiger partial charge on any atom is -0.481 e. The molecule has 0 aliphatic carbocycles. The number of piperidine rings is 1. The van der Waals surface area contributed by atoms with Crippen molar-refractivity contribution in [2.75, 3.05) is 13.1 Å². The molecule has 1 aliphatic heterocycles. The lowest BCUT2D eigenvalue weighted by atomic mass is 9.82. The molecule has 3 nitrogen and oxygen atoms in total. The molecular formula is C14H19NO2. The normalized spacial score (nSPS) is 24.5. The Morgan fingerprint density at radius 2 is 2.12 bits per heavy atom. The highest BCUT2D eigenvalue weighted by Gasteiger charge is 2.30. The van der Waals surface area contributed by atoms with E-state index in [1.54, 1.807) is 0 Å². The van der Waals surface area contributed by atoms with Gasteiger partial charge in [0.2, 0.25) is 0 Å². The van der Waals surface area contributed by atoms with Crippen LogP contribution in [0.15, 0.2) is 24.3 Å². The number of rotatable bonds is 3. The summed E-state index contributed by atoms with van der Waals surface area (Å²) in [6.07, 6.45) is 1.59. The lowest BCUT2D eigenvalue weighted by Crippen LogP contribution is -2.41. The highest BCUT2D eigenvalue weighted by Crippen LogP contribution is 2.23. The largest absolute Gasteiger partial charge is 0.481 e. The molecule has 0 bridgehead atoms. The molecule has 0 aromatic heterocycles. The van der Waals surface area contributed by atoms with Crippen molar-refractivity contribution in [3.8, 4) is 0 Å². The van der Waals surface area contributed by atoms with E-state index in [0.29, 0.717) is 0 Å². The standard InChI is InChI=1S/C14H19NO2/c1-10-2-4-11(5-3-10)8-12-9-15-7-6-13(12)14(16)17/h2-5,12-13,15H,6-9H2,1H3,(H,16,17). The molecule has 0 amide bonds. The molecule has 2 N–H and O–H groups in total. The van der Waals surface area contributed by atoms with Crippen LogP contribution in [0.3, 0.4) is 0 Å². The van der Waals surface area contributed by atoms with Gasteiger partial charge in [0.05, 0.1) is 5.92 Å². The molecule has 1 aliphatic rings. The van der Waals surface area contributed by atoms with Crippen molar-refractivity contribution in [2.24, 2.45) is 11.8 Å². The van der Waals surface area contributed by atoms with Gasteiger partial charge in [-0.3, -0.25) is 4.79 Å². The van der Waals surface area contributed by atoms with Crippen molar-refractivity contribution < 1.29 is 9.90 Å². The van der Waals surface area contributed by atoms with E-state index in [1.807, 2.05) is 0 Å². The van der Waals surface area contributed by atoms with Crippen LogP contribution in [0, 0.1) is 18.8 Å². The minimum atomic E-state index is -0.649. The fourth-order valence-corrected chi connectivity index (χ4v) is 2.49. The van der Waals surface area contributed by atoms with Crippen molar-refractivity contribution >= 4 is 5.97 Å². The number of aliphatic carboxylic acids is 1. The molecule has 2 unspecified atom stereocenters. The van der Waals surface area contributed by atoms with Crippen LogP contribution in [0.5, 0.6) is 0 Å². The lowest BCUT2D eigenvalue weighted by molar-refractivity contribution is -0.144. The number of hydrogen-bond donors (Lipinski definition) is 2. The van der Waals surface area contributed by atoms with E-state index < -0.39 is 5.97 Å². The first-order valence-corrected chi connectivity index (χ1v) is 6.16. The maximum atomic E-state index is 11.2. The minimum absolute atomic E-state index is 0.197. The first kappa shape index (κ1) is 12.1. The van der Waals surface area contributed by atoms with Gasteiger partial charge in [0.1, 0.15) is 0 Å². The van der Waals surface area contributed by atoms with E-state index in [2.05, 4.69) is 36.5 Å². The summed E-state index contributed by atoms with van der Waals surface area (Å²) < 4.78 is 0. The number of aryl methyl sites for hydroxylation is 1. The topological polar surface area (TPSA) is 49.3 Å². The zero-order valence-electron chi connectivity index (χ0n) is 10.1. The van der Waals surface area contributed by atoms with Crippen molar-refractivity contribution in [1.82, 2.24) is 5.32 Å². The third kappa shape index (κ3) is 3.07. The van der Waals surface area contributed by atoms with Crippen molar-refractivity contribution in [2.45, 2.75) is 19.8 Å². The Balaban J connectivity index is 2.05. The van der Waals surface area contributed by atoms with Crippen LogP contribution in [0.25, 0.3) is 0 Å². The van der Waals surface area contributed by atoms with Crippen molar-refractivity contribution in [3.63, 3.8) is 0 Å². The monoisotopic (exact) mass is 233 g/mol. The molecule has 92 valence electrons. The van der Waals surface area contributed by atoms with E-state index >= 15 is 0 Å². The highest BCUT2D eigenvalue weighted by molar-refractivity contribution is 5.70. The molecule has 0 radical (unpaired) electrons. The van der Waals surface area contributed by atoms with Crippen LogP contribution in [0.2, 0.25) is 0 Å². The van der Waals surface area contributed by atoms with Gasteiger partial charge in [0, 0.05) is 0 Å². The fourth-order valence-electron chi connectivity index (χ4n) is 2.49. The van der Waals surface area contributed by atoms with E-state index in [-0.39, 0.29) is 11.8 Å². The number of nitrogens with one attached hydrogen (secondary N) is 1. The van der Waals surface area contributed by atoms with E-state index in [4.69, 9.17) is 0 Å². The molecule has 0 spiro atoms. The second kappa shape index (κ2) is 5.32. The van der Waals surface area contributed by atoms with Crippen LogP contribution < -0.4 is 5.32 Å². The van der Waals surface area contributed by atoms with E-state index in [0.717, 1.165) is 25.9 Å². The van der Waals surface area contributed by atoms with Crippen LogP contribution in [-0.4, -0.2) is 24.2 Å². The summed E-state index contributed by atoms with van der Waals surface area (Å²) in [5.74, 6) is -0.634. The third-order valence-electron chi connectivity index (χ3n) is 3.54. The highest BCUT2D eigenvalue weighted by atomic mass is 16.4.